The second kappa shape index (κ2) is 5.85. The Kier molecular flexibility index (Phi) is 4.79. The summed E-state index contributed by atoms with van der Waals surface area (Å²) in [5.74, 6) is -5.39. The molecule has 0 aromatic heterocycles. The normalized spacial score (nSPS) is 12.6. The summed E-state index contributed by atoms with van der Waals surface area (Å²) in [4.78, 5) is 10.2. The summed E-state index contributed by atoms with van der Waals surface area (Å²) in [6.07, 6.45) is -4.02. The number of benzene rings is 1. The van der Waals surface area contributed by atoms with Crippen molar-refractivity contribution in [1.29, 1.82) is 0 Å². The van der Waals surface area contributed by atoms with Crippen LogP contribution in [-0.4, -0.2) is 33.2 Å². The fourth-order valence-corrected chi connectivity index (χ4v) is 2.45. The van der Waals surface area contributed by atoms with Crippen molar-refractivity contribution >= 4 is 21.6 Å². The summed E-state index contributed by atoms with van der Waals surface area (Å²) in [5, 5.41) is 0. The Morgan fingerprint density at radius 3 is 2.33 bits per heavy atom. The molecule has 5 N–H and O–H groups in total. The van der Waals surface area contributed by atoms with Crippen LogP contribution in [0.15, 0.2) is 23.1 Å². The number of amides is 1. The Hall–Kier alpha value is -1.88. The average Bonchev–Trinajstić information content (AvgIpc) is 2.36. The first-order valence-corrected chi connectivity index (χ1v) is 6.80. The molecule has 0 fully saturated rings. The molecule has 0 aliphatic carbocycles. The van der Waals surface area contributed by atoms with Crippen LogP contribution in [0, 0.1) is 0 Å². The number of hydrogen-bond acceptors (Lipinski definition) is 4. The molecule has 1 rings (SSSR count). The van der Waals surface area contributed by atoms with E-state index in [1.54, 1.807) is 0 Å². The lowest BCUT2D eigenvalue weighted by Crippen LogP contribution is -2.41. The highest BCUT2D eigenvalue weighted by atomic mass is 32.2. The largest absolute Gasteiger partial charge is 0.398 e. The predicted octanol–water partition coefficient (Wildman–Crippen LogP) is 0.546. The van der Waals surface area contributed by atoms with Gasteiger partial charge in [-0.25, -0.2) is 21.9 Å². The minimum atomic E-state index is -4.54. The SMILES string of the molecule is NC(=O)c1ccc(S(=O)(=O)NCC(F)(F)C(F)F)c(N)c1. The first-order chi connectivity index (χ1) is 9.47. The van der Waals surface area contributed by atoms with E-state index in [0.29, 0.717) is 0 Å². The van der Waals surface area contributed by atoms with Crippen molar-refractivity contribution in [1.82, 2.24) is 4.72 Å². The second-order valence-corrected chi connectivity index (χ2v) is 5.74. The quantitative estimate of drug-likeness (QED) is 0.522. The molecule has 0 saturated heterocycles. The van der Waals surface area contributed by atoms with Crippen LogP contribution in [-0.2, 0) is 10.0 Å². The van der Waals surface area contributed by atoms with Gasteiger partial charge in [0.15, 0.2) is 0 Å². The van der Waals surface area contributed by atoms with Gasteiger partial charge in [0.2, 0.25) is 15.9 Å². The second-order valence-electron chi connectivity index (χ2n) is 4.00. The molecule has 1 aromatic carbocycles. The first kappa shape index (κ1) is 17.2. The Labute approximate surface area is 117 Å². The maximum absolute atomic E-state index is 12.7. The van der Waals surface area contributed by atoms with Crippen molar-refractivity contribution in [2.24, 2.45) is 5.73 Å². The predicted molar refractivity (Wildman–Crippen MR) is 65.5 cm³/mol. The zero-order valence-corrected chi connectivity index (χ0v) is 11.1. The number of halogens is 4. The van der Waals surface area contributed by atoms with Crippen LogP contribution >= 0.6 is 0 Å². The van der Waals surface area contributed by atoms with E-state index in [9.17, 15) is 30.8 Å². The molecule has 11 heteroatoms. The molecular formula is C10H11F4N3O3S. The highest BCUT2D eigenvalue weighted by Gasteiger charge is 2.41. The van der Waals surface area contributed by atoms with Gasteiger partial charge in [-0.2, -0.15) is 8.78 Å². The lowest BCUT2D eigenvalue weighted by atomic mass is 10.2. The van der Waals surface area contributed by atoms with Crippen LogP contribution in [0.5, 0.6) is 0 Å². The molecule has 0 unspecified atom stereocenters. The number of anilines is 1. The third kappa shape index (κ3) is 4.04. The third-order valence-corrected chi connectivity index (χ3v) is 3.88. The monoisotopic (exact) mass is 329 g/mol. The van der Waals surface area contributed by atoms with E-state index in [4.69, 9.17) is 11.5 Å². The standard InChI is InChI=1S/C10H11F4N3O3S/c11-9(12)10(13,14)4-17-21(19,20)7-2-1-5(8(16)18)3-6(7)15/h1-3,9,17H,4,15H2,(H2,16,18). The van der Waals surface area contributed by atoms with Gasteiger partial charge in [-0.15, -0.1) is 0 Å². The maximum Gasteiger partial charge on any atom is 0.320 e. The Morgan fingerprint density at radius 2 is 1.90 bits per heavy atom. The van der Waals surface area contributed by atoms with E-state index >= 15 is 0 Å². The van der Waals surface area contributed by atoms with Crippen LogP contribution in [0.3, 0.4) is 0 Å². The van der Waals surface area contributed by atoms with Crippen molar-refractivity contribution < 1.29 is 30.8 Å². The van der Waals surface area contributed by atoms with Crippen LogP contribution in [0.1, 0.15) is 10.4 Å². The highest BCUT2D eigenvalue weighted by molar-refractivity contribution is 7.89. The van der Waals surface area contributed by atoms with E-state index in [1.165, 1.54) is 4.72 Å². The van der Waals surface area contributed by atoms with Gasteiger partial charge < -0.3 is 11.5 Å². The van der Waals surface area contributed by atoms with Gasteiger partial charge >= 0.3 is 12.3 Å². The van der Waals surface area contributed by atoms with E-state index < -0.39 is 45.4 Å². The summed E-state index contributed by atoms with van der Waals surface area (Å²) in [6, 6.07) is 2.80. The minimum absolute atomic E-state index is 0.0932. The number of sulfonamides is 1. The Bertz CT molecular complexity index is 649. The van der Waals surface area contributed by atoms with Gasteiger partial charge in [0, 0.05) is 5.56 Å². The van der Waals surface area contributed by atoms with Crippen molar-refractivity contribution in [2.45, 2.75) is 17.2 Å². The smallest absolute Gasteiger partial charge is 0.320 e. The van der Waals surface area contributed by atoms with Gasteiger partial charge in [0.25, 0.3) is 0 Å². The molecule has 118 valence electrons. The summed E-state index contributed by atoms with van der Waals surface area (Å²) < 4.78 is 74.1. The van der Waals surface area contributed by atoms with Gasteiger partial charge in [0.1, 0.15) is 4.90 Å². The van der Waals surface area contributed by atoms with Crippen LogP contribution < -0.4 is 16.2 Å². The number of carbonyl (C=O) groups excluding carboxylic acids is 1. The molecule has 0 spiro atoms. The number of primary amides is 1. The Balaban J connectivity index is 3.02. The third-order valence-electron chi connectivity index (χ3n) is 2.40. The zero-order chi connectivity index (χ0) is 16.4. The van der Waals surface area contributed by atoms with Crippen LogP contribution in [0.2, 0.25) is 0 Å². The summed E-state index contributed by atoms with van der Waals surface area (Å²) in [5.41, 5.74) is 9.81. The van der Waals surface area contributed by atoms with Crippen LogP contribution in [0.25, 0.3) is 0 Å². The fraction of sp³-hybridized carbons (Fsp3) is 0.300. The average molecular weight is 329 g/mol. The van der Waals surface area contributed by atoms with Crippen molar-refractivity contribution in [2.75, 3.05) is 12.3 Å². The van der Waals surface area contributed by atoms with Gasteiger partial charge in [-0.1, -0.05) is 0 Å². The Morgan fingerprint density at radius 1 is 1.33 bits per heavy atom. The topological polar surface area (TPSA) is 115 Å². The highest BCUT2D eigenvalue weighted by Crippen LogP contribution is 2.24. The number of hydrogen-bond donors (Lipinski definition) is 3. The lowest BCUT2D eigenvalue weighted by molar-refractivity contribution is -0.122. The molecule has 0 radical (unpaired) electrons. The number of carbonyl (C=O) groups is 1. The number of nitrogen functional groups attached to an aromatic ring is 1. The molecule has 0 aliphatic heterocycles. The fourth-order valence-electron chi connectivity index (χ4n) is 1.29. The van der Waals surface area contributed by atoms with Crippen molar-refractivity contribution in [3.8, 4) is 0 Å². The summed E-state index contributed by atoms with van der Waals surface area (Å²) in [7, 11) is -4.54. The molecule has 0 bridgehead atoms. The summed E-state index contributed by atoms with van der Waals surface area (Å²) in [6.45, 7) is -1.79. The van der Waals surface area contributed by atoms with Gasteiger partial charge in [-0.3, -0.25) is 4.79 Å². The van der Waals surface area contributed by atoms with Gasteiger partial charge in [-0.05, 0) is 18.2 Å². The van der Waals surface area contributed by atoms with E-state index in [0.717, 1.165) is 18.2 Å². The lowest BCUT2D eigenvalue weighted by Gasteiger charge is -2.16. The van der Waals surface area contributed by atoms with E-state index in [-0.39, 0.29) is 5.56 Å². The van der Waals surface area contributed by atoms with Crippen molar-refractivity contribution in [3.63, 3.8) is 0 Å². The van der Waals surface area contributed by atoms with E-state index in [2.05, 4.69) is 0 Å². The number of rotatable bonds is 6. The molecule has 1 aromatic rings. The van der Waals surface area contributed by atoms with E-state index in [1.807, 2.05) is 0 Å². The van der Waals surface area contributed by atoms with Gasteiger partial charge in [0.05, 0.1) is 12.2 Å². The minimum Gasteiger partial charge on any atom is -0.398 e. The molecule has 6 nitrogen and oxygen atoms in total. The van der Waals surface area contributed by atoms with Crippen molar-refractivity contribution in [3.05, 3.63) is 23.8 Å². The molecule has 0 aliphatic rings. The first-order valence-electron chi connectivity index (χ1n) is 5.32. The zero-order valence-electron chi connectivity index (χ0n) is 10.3. The number of alkyl halides is 4. The molecule has 21 heavy (non-hydrogen) atoms. The molecule has 0 heterocycles. The number of nitrogens with one attached hydrogen (secondary N) is 1. The molecule has 1 amide bonds. The molecule has 0 atom stereocenters. The molecular weight excluding hydrogens is 318 g/mol. The molecule has 0 saturated carbocycles. The van der Waals surface area contributed by atoms with Crippen LogP contribution in [0.4, 0.5) is 23.2 Å². The maximum atomic E-state index is 12.7. The number of nitrogens with two attached hydrogens (primary N) is 2. The summed E-state index contributed by atoms with van der Waals surface area (Å²) >= 11 is 0.